The number of hydrogen-bond acceptors (Lipinski definition) is 3. The van der Waals surface area contributed by atoms with Crippen LogP contribution in [-0.4, -0.2) is 25.9 Å². The molecule has 0 amide bonds. The molecule has 0 saturated heterocycles. The Balaban J connectivity index is 2.95. The Morgan fingerprint density at radius 3 is 2.50 bits per heavy atom. The summed E-state index contributed by atoms with van der Waals surface area (Å²) in [6.07, 6.45) is 1.92. The first kappa shape index (κ1) is 17.0. The zero-order chi connectivity index (χ0) is 15.0. The Morgan fingerprint density at radius 2 is 1.90 bits per heavy atom. The molecule has 0 spiro atoms. The molecule has 1 aromatic rings. The van der Waals surface area contributed by atoms with Gasteiger partial charge in [-0.05, 0) is 39.3 Å². The SMILES string of the molecule is CCCOc1ccccc1C(CC(C)(C)OC)NCC. The zero-order valence-electron chi connectivity index (χ0n) is 13.5. The van der Waals surface area contributed by atoms with Crippen molar-refractivity contribution in [1.29, 1.82) is 0 Å². The smallest absolute Gasteiger partial charge is 0.124 e. The van der Waals surface area contributed by atoms with Crippen LogP contribution in [0.3, 0.4) is 0 Å². The van der Waals surface area contributed by atoms with Crippen LogP contribution in [0.5, 0.6) is 5.75 Å². The van der Waals surface area contributed by atoms with Gasteiger partial charge in [0.15, 0.2) is 0 Å². The minimum Gasteiger partial charge on any atom is -0.493 e. The minimum atomic E-state index is -0.162. The highest BCUT2D eigenvalue weighted by Gasteiger charge is 2.25. The number of ether oxygens (including phenoxy) is 2. The molecule has 0 heterocycles. The fourth-order valence-electron chi connectivity index (χ4n) is 2.23. The van der Waals surface area contributed by atoms with Gasteiger partial charge in [0.25, 0.3) is 0 Å². The average molecular weight is 279 g/mol. The maximum atomic E-state index is 5.88. The van der Waals surface area contributed by atoms with E-state index in [1.54, 1.807) is 7.11 Å². The summed E-state index contributed by atoms with van der Waals surface area (Å²) in [5.74, 6) is 0.979. The van der Waals surface area contributed by atoms with Crippen molar-refractivity contribution in [2.24, 2.45) is 0 Å². The quantitative estimate of drug-likeness (QED) is 0.742. The predicted molar refractivity (Wildman–Crippen MR) is 84.4 cm³/mol. The first-order chi connectivity index (χ1) is 9.54. The van der Waals surface area contributed by atoms with Crippen LogP contribution in [0.4, 0.5) is 0 Å². The van der Waals surface area contributed by atoms with Crippen LogP contribution in [0.15, 0.2) is 24.3 Å². The highest BCUT2D eigenvalue weighted by molar-refractivity contribution is 5.36. The summed E-state index contributed by atoms with van der Waals surface area (Å²) in [6, 6.07) is 8.53. The van der Waals surface area contributed by atoms with E-state index < -0.39 is 0 Å². The molecule has 0 bridgehead atoms. The molecule has 0 fully saturated rings. The van der Waals surface area contributed by atoms with E-state index in [0.717, 1.165) is 31.7 Å². The van der Waals surface area contributed by atoms with Crippen LogP contribution < -0.4 is 10.1 Å². The zero-order valence-corrected chi connectivity index (χ0v) is 13.5. The number of para-hydroxylation sites is 1. The van der Waals surface area contributed by atoms with Crippen molar-refractivity contribution in [3.8, 4) is 5.75 Å². The summed E-state index contributed by atoms with van der Waals surface area (Å²) in [5, 5.41) is 3.55. The van der Waals surface area contributed by atoms with Gasteiger partial charge >= 0.3 is 0 Å². The Bertz CT molecular complexity index is 390. The summed E-state index contributed by atoms with van der Waals surface area (Å²) in [5.41, 5.74) is 1.05. The lowest BCUT2D eigenvalue weighted by Gasteiger charge is -2.30. The highest BCUT2D eigenvalue weighted by Crippen LogP contribution is 2.31. The number of benzene rings is 1. The Labute approximate surface area is 123 Å². The topological polar surface area (TPSA) is 30.5 Å². The van der Waals surface area contributed by atoms with Gasteiger partial charge in [0.1, 0.15) is 5.75 Å². The third kappa shape index (κ3) is 5.14. The van der Waals surface area contributed by atoms with Crippen molar-refractivity contribution in [2.45, 2.75) is 52.2 Å². The van der Waals surface area contributed by atoms with Crippen molar-refractivity contribution < 1.29 is 9.47 Å². The number of hydrogen-bond donors (Lipinski definition) is 1. The van der Waals surface area contributed by atoms with Gasteiger partial charge in [-0.2, -0.15) is 0 Å². The molecule has 1 aromatic carbocycles. The standard InChI is InChI=1S/C17H29NO2/c1-6-12-20-16-11-9-8-10-14(16)15(18-7-2)13-17(3,4)19-5/h8-11,15,18H,6-7,12-13H2,1-5H3. The molecule has 0 aromatic heterocycles. The van der Waals surface area contributed by atoms with Crippen molar-refractivity contribution in [1.82, 2.24) is 5.32 Å². The van der Waals surface area contributed by atoms with E-state index in [1.807, 2.05) is 6.07 Å². The molecule has 20 heavy (non-hydrogen) atoms. The van der Waals surface area contributed by atoms with Crippen molar-refractivity contribution in [3.63, 3.8) is 0 Å². The second-order valence-corrected chi connectivity index (χ2v) is 5.66. The Kier molecular flexibility index (Phi) is 7.03. The molecule has 0 aliphatic rings. The van der Waals surface area contributed by atoms with E-state index in [2.05, 4.69) is 51.2 Å². The first-order valence-electron chi connectivity index (χ1n) is 7.54. The average Bonchev–Trinajstić information content (AvgIpc) is 2.45. The Morgan fingerprint density at radius 1 is 1.20 bits per heavy atom. The van der Waals surface area contributed by atoms with E-state index in [0.29, 0.717) is 0 Å². The van der Waals surface area contributed by atoms with Crippen molar-refractivity contribution >= 4 is 0 Å². The largest absolute Gasteiger partial charge is 0.493 e. The van der Waals surface area contributed by atoms with Gasteiger partial charge in [0.2, 0.25) is 0 Å². The van der Waals surface area contributed by atoms with Crippen molar-refractivity contribution in [2.75, 3.05) is 20.3 Å². The second-order valence-electron chi connectivity index (χ2n) is 5.66. The summed E-state index contributed by atoms with van der Waals surface area (Å²) >= 11 is 0. The number of rotatable bonds is 9. The predicted octanol–water partition coefficient (Wildman–Crippen LogP) is 3.94. The van der Waals surface area contributed by atoms with Crippen LogP contribution in [-0.2, 0) is 4.74 Å². The molecule has 1 unspecified atom stereocenters. The lowest BCUT2D eigenvalue weighted by atomic mass is 9.93. The summed E-state index contributed by atoms with van der Waals surface area (Å²) in [7, 11) is 1.77. The lowest BCUT2D eigenvalue weighted by molar-refractivity contribution is 0.00677. The van der Waals surface area contributed by atoms with Gasteiger partial charge < -0.3 is 14.8 Å². The fourth-order valence-corrected chi connectivity index (χ4v) is 2.23. The molecule has 0 aliphatic carbocycles. The van der Waals surface area contributed by atoms with Gasteiger partial charge in [0, 0.05) is 18.7 Å². The normalized spacial score (nSPS) is 13.2. The van der Waals surface area contributed by atoms with E-state index in [4.69, 9.17) is 9.47 Å². The first-order valence-corrected chi connectivity index (χ1v) is 7.54. The van der Waals surface area contributed by atoms with Crippen LogP contribution in [0.2, 0.25) is 0 Å². The second kappa shape index (κ2) is 8.28. The van der Waals surface area contributed by atoms with Crippen molar-refractivity contribution in [3.05, 3.63) is 29.8 Å². The highest BCUT2D eigenvalue weighted by atomic mass is 16.5. The van der Waals surface area contributed by atoms with Crippen LogP contribution >= 0.6 is 0 Å². The van der Waals surface area contributed by atoms with E-state index >= 15 is 0 Å². The van der Waals surface area contributed by atoms with Gasteiger partial charge in [-0.15, -0.1) is 0 Å². The molecule has 0 radical (unpaired) electrons. The number of nitrogens with one attached hydrogen (secondary N) is 1. The molecule has 1 N–H and O–H groups in total. The van der Waals surface area contributed by atoms with Gasteiger partial charge in [-0.1, -0.05) is 32.0 Å². The molecule has 3 heteroatoms. The Hall–Kier alpha value is -1.06. The van der Waals surface area contributed by atoms with Gasteiger partial charge in [0.05, 0.1) is 12.2 Å². The number of methoxy groups -OCH3 is 1. The molecule has 0 saturated carbocycles. The molecular weight excluding hydrogens is 250 g/mol. The monoisotopic (exact) mass is 279 g/mol. The third-order valence-corrected chi connectivity index (χ3v) is 3.45. The summed E-state index contributed by atoms with van der Waals surface area (Å²) in [4.78, 5) is 0. The van der Waals surface area contributed by atoms with E-state index in [1.165, 1.54) is 5.56 Å². The van der Waals surface area contributed by atoms with Gasteiger partial charge in [-0.25, -0.2) is 0 Å². The summed E-state index contributed by atoms with van der Waals surface area (Å²) in [6.45, 7) is 10.2. The van der Waals surface area contributed by atoms with E-state index in [9.17, 15) is 0 Å². The summed E-state index contributed by atoms with van der Waals surface area (Å²) < 4.78 is 11.5. The molecular formula is C17H29NO2. The fraction of sp³-hybridized carbons (Fsp3) is 0.647. The van der Waals surface area contributed by atoms with Crippen LogP contribution in [0.25, 0.3) is 0 Å². The third-order valence-electron chi connectivity index (χ3n) is 3.45. The maximum absolute atomic E-state index is 5.88. The molecule has 114 valence electrons. The molecule has 3 nitrogen and oxygen atoms in total. The molecule has 0 aliphatic heterocycles. The molecule has 1 rings (SSSR count). The van der Waals surface area contributed by atoms with Crippen LogP contribution in [0, 0.1) is 0 Å². The lowest BCUT2D eigenvalue weighted by Crippen LogP contribution is -2.32. The van der Waals surface area contributed by atoms with E-state index in [-0.39, 0.29) is 11.6 Å². The maximum Gasteiger partial charge on any atom is 0.124 e. The van der Waals surface area contributed by atoms with Gasteiger partial charge in [-0.3, -0.25) is 0 Å². The molecule has 1 atom stereocenters. The van der Waals surface area contributed by atoms with Crippen LogP contribution in [0.1, 0.15) is 52.1 Å². The minimum absolute atomic E-state index is 0.162.